The van der Waals surface area contributed by atoms with E-state index in [1.165, 1.54) is 0 Å². The second-order valence-corrected chi connectivity index (χ2v) is 4.31. The Morgan fingerprint density at radius 3 is 2.94 bits per heavy atom. The van der Waals surface area contributed by atoms with Crippen LogP contribution in [0.1, 0.15) is 38.3 Å². The van der Waals surface area contributed by atoms with Crippen LogP contribution in [-0.4, -0.2) is 22.7 Å². The number of pyridine rings is 1. The van der Waals surface area contributed by atoms with Gasteiger partial charge in [0.15, 0.2) is 0 Å². The van der Waals surface area contributed by atoms with Gasteiger partial charge in [0, 0.05) is 24.3 Å². The van der Waals surface area contributed by atoms with Gasteiger partial charge in [0.25, 0.3) is 0 Å². The van der Waals surface area contributed by atoms with Crippen LogP contribution >= 0.6 is 11.6 Å². The summed E-state index contributed by atoms with van der Waals surface area (Å²) in [6.07, 6.45) is 3.19. The van der Waals surface area contributed by atoms with Gasteiger partial charge in [-0.3, -0.25) is 0 Å². The van der Waals surface area contributed by atoms with Gasteiger partial charge in [0.05, 0.1) is 6.10 Å². The Hall–Kier alpha value is -0.640. The fourth-order valence-electron chi connectivity index (χ4n) is 1.58. The molecule has 0 amide bonds. The van der Waals surface area contributed by atoms with Crippen LogP contribution in [-0.2, 0) is 0 Å². The molecule has 1 rings (SSSR count). The average Bonchev–Trinajstić information content (AvgIpc) is 2.27. The molecule has 0 fully saturated rings. The van der Waals surface area contributed by atoms with Crippen molar-refractivity contribution in [1.29, 1.82) is 0 Å². The molecule has 0 bridgehead atoms. The zero-order valence-corrected chi connectivity index (χ0v) is 10.5. The molecular formula is C12H19ClN2O. The molecule has 0 saturated heterocycles. The smallest absolute Gasteiger partial charge is 0.133 e. The Morgan fingerprint density at radius 1 is 1.56 bits per heavy atom. The SMILES string of the molecule is CCCC(O)CNC(C)c1cccnc1Cl. The summed E-state index contributed by atoms with van der Waals surface area (Å²) in [6, 6.07) is 3.91. The van der Waals surface area contributed by atoms with E-state index >= 15 is 0 Å². The van der Waals surface area contributed by atoms with Crippen LogP contribution in [0.5, 0.6) is 0 Å². The summed E-state index contributed by atoms with van der Waals surface area (Å²) in [4.78, 5) is 4.03. The van der Waals surface area contributed by atoms with Crippen molar-refractivity contribution in [2.24, 2.45) is 0 Å². The second kappa shape index (κ2) is 6.84. The number of nitrogens with zero attached hydrogens (tertiary/aromatic N) is 1. The predicted octanol–water partition coefficient (Wildman–Crippen LogP) is 2.55. The fourth-order valence-corrected chi connectivity index (χ4v) is 1.86. The summed E-state index contributed by atoms with van der Waals surface area (Å²) < 4.78 is 0. The standard InChI is InChI=1S/C12H19ClN2O/c1-3-5-10(16)8-15-9(2)11-6-4-7-14-12(11)13/h4,6-7,9-10,15-16H,3,5,8H2,1-2H3. The van der Waals surface area contributed by atoms with Crippen molar-refractivity contribution in [1.82, 2.24) is 10.3 Å². The lowest BCUT2D eigenvalue weighted by atomic mass is 10.1. The molecule has 0 aliphatic carbocycles. The summed E-state index contributed by atoms with van der Waals surface area (Å²) in [6.45, 7) is 4.66. The number of aromatic nitrogens is 1. The summed E-state index contributed by atoms with van der Waals surface area (Å²) in [7, 11) is 0. The lowest BCUT2D eigenvalue weighted by Gasteiger charge is -2.17. The first-order valence-electron chi connectivity index (χ1n) is 5.67. The highest BCUT2D eigenvalue weighted by Crippen LogP contribution is 2.19. The minimum atomic E-state index is -0.289. The molecule has 16 heavy (non-hydrogen) atoms. The highest BCUT2D eigenvalue weighted by atomic mass is 35.5. The lowest BCUT2D eigenvalue weighted by Crippen LogP contribution is -2.29. The summed E-state index contributed by atoms with van der Waals surface area (Å²) in [5.41, 5.74) is 0.966. The molecule has 3 nitrogen and oxygen atoms in total. The molecule has 4 heteroatoms. The molecule has 2 unspecified atom stereocenters. The summed E-state index contributed by atoms with van der Waals surface area (Å²) in [5, 5.41) is 13.4. The molecule has 90 valence electrons. The Kier molecular flexibility index (Phi) is 5.74. The number of rotatable bonds is 6. The maximum absolute atomic E-state index is 9.60. The molecule has 0 spiro atoms. The molecule has 1 aromatic heterocycles. The third kappa shape index (κ3) is 4.08. The van der Waals surface area contributed by atoms with E-state index in [0.29, 0.717) is 11.7 Å². The van der Waals surface area contributed by atoms with E-state index in [4.69, 9.17) is 11.6 Å². The highest BCUT2D eigenvalue weighted by Gasteiger charge is 2.11. The number of nitrogens with one attached hydrogen (secondary N) is 1. The van der Waals surface area contributed by atoms with Gasteiger partial charge in [-0.05, 0) is 19.4 Å². The predicted molar refractivity (Wildman–Crippen MR) is 66.6 cm³/mol. The zero-order valence-electron chi connectivity index (χ0n) is 9.78. The van der Waals surface area contributed by atoms with Crippen molar-refractivity contribution >= 4 is 11.6 Å². The number of aliphatic hydroxyl groups is 1. The minimum absolute atomic E-state index is 0.104. The monoisotopic (exact) mass is 242 g/mol. The van der Waals surface area contributed by atoms with Gasteiger partial charge < -0.3 is 10.4 Å². The maximum atomic E-state index is 9.60. The molecule has 0 aliphatic heterocycles. The van der Waals surface area contributed by atoms with E-state index in [0.717, 1.165) is 18.4 Å². The number of hydrogen-bond donors (Lipinski definition) is 2. The summed E-state index contributed by atoms with van der Waals surface area (Å²) in [5.74, 6) is 0. The van der Waals surface area contributed by atoms with Gasteiger partial charge in [-0.25, -0.2) is 4.98 Å². The van der Waals surface area contributed by atoms with Crippen LogP contribution in [0.15, 0.2) is 18.3 Å². The lowest BCUT2D eigenvalue weighted by molar-refractivity contribution is 0.157. The molecular weight excluding hydrogens is 224 g/mol. The van der Waals surface area contributed by atoms with Crippen LogP contribution in [0.25, 0.3) is 0 Å². The first kappa shape index (κ1) is 13.4. The van der Waals surface area contributed by atoms with Crippen LogP contribution in [0, 0.1) is 0 Å². The van der Waals surface area contributed by atoms with Gasteiger partial charge in [-0.2, -0.15) is 0 Å². The molecule has 0 aromatic carbocycles. The summed E-state index contributed by atoms with van der Waals surface area (Å²) >= 11 is 5.98. The molecule has 1 aromatic rings. The Labute approximate surface area is 102 Å². The van der Waals surface area contributed by atoms with E-state index in [1.807, 2.05) is 19.1 Å². The molecule has 1 heterocycles. The van der Waals surface area contributed by atoms with E-state index < -0.39 is 0 Å². The Balaban J connectivity index is 2.46. The Morgan fingerprint density at radius 2 is 2.31 bits per heavy atom. The van der Waals surface area contributed by atoms with Crippen molar-refractivity contribution in [3.05, 3.63) is 29.0 Å². The van der Waals surface area contributed by atoms with Gasteiger partial charge in [-0.15, -0.1) is 0 Å². The third-order valence-corrected chi connectivity index (χ3v) is 2.85. The second-order valence-electron chi connectivity index (χ2n) is 3.96. The number of aliphatic hydroxyl groups excluding tert-OH is 1. The van der Waals surface area contributed by atoms with Gasteiger partial charge in [0.2, 0.25) is 0 Å². The van der Waals surface area contributed by atoms with E-state index in [9.17, 15) is 5.11 Å². The first-order valence-corrected chi connectivity index (χ1v) is 6.04. The van der Waals surface area contributed by atoms with Crippen LogP contribution in [0.3, 0.4) is 0 Å². The molecule has 2 N–H and O–H groups in total. The largest absolute Gasteiger partial charge is 0.392 e. The van der Waals surface area contributed by atoms with E-state index in [2.05, 4.69) is 17.2 Å². The topological polar surface area (TPSA) is 45.1 Å². The highest BCUT2D eigenvalue weighted by molar-refractivity contribution is 6.30. The average molecular weight is 243 g/mol. The van der Waals surface area contributed by atoms with Crippen molar-refractivity contribution in [3.63, 3.8) is 0 Å². The van der Waals surface area contributed by atoms with E-state index in [-0.39, 0.29) is 12.1 Å². The Bertz CT molecular complexity index is 320. The quantitative estimate of drug-likeness (QED) is 0.754. The van der Waals surface area contributed by atoms with Crippen molar-refractivity contribution in [2.75, 3.05) is 6.54 Å². The van der Waals surface area contributed by atoms with Crippen molar-refractivity contribution in [3.8, 4) is 0 Å². The zero-order chi connectivity index (χ0) is 12.0. The molecule has 0 aliphatic rings. The molecule has 0 saturated carbocycles. The van der Waals surface area contributed by atoms with Gasteiger partial charge >= 0.3 is 0 Å². The number of hydrogen-bond acceptors (Lipinski definition) is 3. The van der Waals surface area contributed by atoms with Crippen molar-refractivity contribution in [2.45, 2.75) is 38.8 Å². The van der Waals surface area contributed by atoms with Gasteiger partial charge in [-0.1, -0.05) is 31.0 Å². The third-order valence-electron chi connectivity index (χ3n) is 2.54. The van der Waals surface area contributed by atoms with Crippen molar-refractivity contribution < 1.29 is 5.11 Å². The minimum Gasteiger partial charge on any atom is -0.392 e. The first-order chi connectivity index (χ1) is 7.65. The van der Waals surface area contributed by atoms with Gasteiger partial charge in [0.1, 0.15) is 5.15 Å². The fraction of sp³-hybridized carbons (Fsp3) is 0.583. The normalized spacial score (nSPS) is 14.8. The van der Waals surface area contributed by atoms with E-state index in [1.54, 1.807) is 6.20 Å². The van der Waals surface area contributed by atoms with Crippen LogP contribution in [0.4, 0.5) is 0 Å². The van der Waals surface area contributed by atoms with Crippen LogP contribution < -0.4 is 5.32 Å². The number of halogens is 1. The maximum Gasteiger partial charge on any atom is 0.133 e. The molecule has 2 atom stereocenters. The van der Waals surface area contributed by atoms with Crippen LogP contribution in [0.2, 0.25) is 5.15 Å². The molecule has 0 radical (unpaired) electrons.